The molecule has 102 valence electrons. The number of nitrogens with one attached hydrogen (secondary N) is 1. The zero-order chi connectivity index (χ0) is 13.2. The van der Waals surface area contributed by atoms with Crippen LogP contribution in [0.25, 0.3) is 0 Å². The first-order valence-electron chi connectivity index (χ1n) is 6.78. The lowest BCUT2D eigenvalue weighted by atomic mass is 10.1. The van der Waals surface area contributed by atoms with Crippen molar-refractivity contribution in [3.8, 4) is 5.75 Å². The fourth-order valence-electron chi connectivity index (χ4n) is 2.51. The van der Waals surface area contributed by atoms with Crippen LogP contribution in [0, 0.1) is 0 Å². The SMILES string of the molecule is CCC1Oc2ccc(Cl)cc2N=C1N1CCNCC1. The topological polar surface area (TPSA) is 36.9 Å². The van der Waals surface area contributed by atoms with Gasteiger partial charge in [-0.1, -0.05) is 18.5 Å². The van der Waals surface area contributed by atoms with Gasteiger partial charge in [0, 0.05) is 31.2 Å². The highest BCUT2D eigenvalue weighted by Crippen LogP contribution is 2.35. The van der Waals surface area contributed by atoms with Crippen molar-refractivity contribution in [2.45, 2.75) is 19.4 Å². The van der Waals surface area contributed by atoms with Crippen LogP contribution in [0.2, 0.25) is 5.02 Å². The Morgan fingerprint density at radius 1 is 1.42 bits per heavy atom. The Morgan fingerprint density at radius 3 is 2.95 bits per heavy atom. The summed E-state index contributed by atoms with van der Waals surface area (Å²) in [5.74, 6) is 1.87. The summed E-state index contributed by atoms with van der Waals surface area (Å²) in [6, 6.07) is 5.61. The van der Waals surface area contributed by atoms with E-state index in [9.17, 15) is 0 Å². The van der Waals surface area contributed by atoms with Crippen LogP contribution in [0.4, 0.5) is 5.69 Å². The van der Waals surface area contributed by atoms with Crippen LogP contribution in [-0.4, -0.2) is 43.0 Å². The molecule has 1 fully saturated rings. The van der Waals surface area contributed by atoms with Crippen molar-refractivity contribution >= 4 is 23.1 Å². The van der Waals surface area contributed by atoms with E-state index in [4.69, 9.17) is 21.3 Å². The molecular formula is C14H18ClN3O. The first kappa shape index (κ1) is 12.8. The molecule has 0 radical (unpaired) electrons. The predicted molar refractivity (Wildman–Crippen MR) is 77.7 cm³/mol. The number of nitrogens with zero attached hydrogens (tertiary/aromatic N) is 2. The van der Waals surface area contributed by atoms with Crippen LogP contribution in [-0.2, 0) is 0 Å². The molecule has 1 atom stereocenters. The fraction of sp³-hybridized carbons (Fsp3) is 0.500. The van der Waals surface area contributed by atoms with Crippen molar-refractivity contribution in [2.24, 2.45) is 4.99 Å². The summed E-state index contributed by atoms with van der Waals surface area (Å²) in [5, 5.41) is 4.05. The third-order valence-corrected chi connectivity index (χ3v) is 3.76. The average molecular weight is 280 g/mol. The molecule has 1 aromatic rings. The van der Waals surface area contributed by atoms with Crippen molar-refractivity contribution in [2.75, 3.05) is 26.2 Å². The van der Waals surface area contributed by atoms with Gasteiger partial charge in [0.2, 0.25) is 0 Å². The average Bonchev–Trinajstić information content (AvgIpc) is 2.46. The molecule has 1 unspecified atom stereocenters. The quantitative estimate of drug-likeness (QED) is 0.858. The standard InChI is InChI=1S/C14H18ClN3O/c1-2-12-14(18-7-5-16-6-8-18)17-11-9-10(15)3-4-13(11)19-12/h3-4,9,12,16H,2,5-8H2,1H3. The Balaban J connectivity index is 1.95. The molecule has 2 aliphatic rings. The molecule has 3 rings (SSSR count). The van der Waals surface area contributed by atoms with Gasteiger partial charge in [-0.05, 0) is 24.6 Å². The number of hydrogen-bond acceptors (Lipinski definition) is 4. The summed E-state index contributed by atoms with van der Waals surface area (Å²) in [4.78, 5) is 7.10. The molecule has 0 aliphatic carbocycles. The fourth-order valence-corrected chi connectivity index (χ4v) is 2.68. The van der Waals surface area contributed by atoms with E-state index in [1.165, 1.54) is 0 Å². The maximum Gasteiger partial charge on any atom is 0.156 e. The maximum absolute atomic E-state index is 6.05. The molecule has 0 bridgehead atoms. The minimum absolute atomic E-state index is 0.0479. The number of aliphatic imine (C=N–C) groups is 1. The summed E-state index contributed by atoms with van der Waals surface area (Å²) < 4.78 is 6.05. The molecule has 19 heavy (non-hydrogen) atoms. The van der Waals surface area contributed by atoms with Gasteiger partial charge < -0.3 is 15.0 Å². The third-order valence-electron chi connectivity index (χ3n) is 3.52. The van der Waals surface area contributed by atoms with Crippen LogP contribution >= 0.6 is 11.6 Å². The minimum Gasteiger partial charge on any atom is -0.480 e. The van der Waals surface area contributed by atoms with Gasteiger partial charge in [-0.15, -0.1) is 0 Å². The molecule has 0 saturated carbocycles. The number of amidine groups is 1. The minimum atomic E-state index is 0.0479. The summed E-state index contributed by atoms with van der Waals surface area (Å²) >= 11 is 6.03. The molecule has 1 saturated heterocycles. The number of halogens is 1. The van der Waals surface area contributed by atoms with E-state index >= 15 is 0 Å². The summed E-state index contributed by atoms with van der Waals surface area (Å²) in [7, 11) is 0. The highest BCUT2D eigenvalue weighted by molar-refractivity contribution is 6.30. The van der Waals surface area contributed by atoms with Crippen LogP contribution in [0.3, 0.4) is 0 Å². The highest BCUT2D eigenvalue weighted by atomic mass is 35.5. The van der Waals surface area contributed by atoms with E-state index in [1.54, 1.807) is 0 Å². The Morgan fingerprint density at radius 2 is 2.21 bits per heavy atom. The summed E-state index contributed by atoms with van der Waals surface area (Å²) in [5.41, 5.74) is 0.839. The van der Waals surface area contributed by atoms with Gasteiger partial charge in [-0.2, -0.15) is 0 Å². The lowest BCUT2D eigenvalue weighted by Crippen LogP contribution is -2.51. The van der Waals surface area contributed by atoms with Gasteiger partial charge in [-0.25, -0.2) is 4.99 Å². The number of ether oxygens (including phenoxy) is 1. The molecule has 2 aliphatic heterocycles. The second kappa shape index (κ2) is 5.39. The van der Waals surface area contributed by atoms with Crippen molar-refractivity contribution in [1.82, 2.24) is 10.2 Å². The highest BCUT2D eigenvalue weighted by Gasteiger charge is 2.28. The number of rotatable bonds is 1. The van der Waals surface area contributed by atoms with Gasteiger partial charge in [0.05, 0.1) is 0 Å². The molecule has 5 heteroatoms. The first-order chi connectivity index (χ1) is 9.28. The molecule has 0 aromatic heterocycles. The van der Waals surface area contributed by atoms with Crippen LogP contribution in [0.5, 0.6) is 5.75 Å². The van der Waals surface area contributed by atoms with Gasteiger partial charge in [0.15, 0.2) is 6.10 Å². The first-order valence-corrected chi connectivity index (χ1v) is 7.16. The molecule has 2 heterocycles. The van der Waals surface area contributed by atoms with Gasteiger partial charge in [-0.3, -0.25) is 0 Å². The molecule has 4 nitrogen and oxygen atoms in total. The van der Waals surface area contributed by atoms with Crippen molar-refractivity contribution in [3.05, 3.63) is 23.2 Å². The van der Waals surface area contributed by atoms with E-state index in [2.05, 4.69) is 17.1 Å². The van der Waals surface area contributed by atoms with E-state index in [1.807, 2.05) is 18.2 Å². The lowest BCUT2D eigenvalue weighted by Gasteiger charge is -2.36. The maximum atomic E-state index is 6.05. The second-order valence-corrected chi connectivity index (χ2v) is 5.27. The predicted octanol–water partition coefficient (Wildman–Crippen LogP) is 2.45. The van der Waals surface area contributed by atoms with Crippen molar-refractivity contribution < 1.29 is 4.74 Å². The summed E-state index contributed by atoms with van der Waals surface area (Å²) in [6.45, 7) is 6.09. The lowest BCUT2D eigenvalue weighted by molar-refractivity contribution is 0.226. The van der Waals surface area contributed by atoms with E-state index in [0.717, 1.165) is 49.9 Å². The smallest absolute Gasteiger partial charge is 0.156 e. The van der Waals surface area contributed by atoms with E-state index in [-0.39, 0.29) is 6.10 Å². The Kier molecular flexibility index (Phi) is 3.62. The van der Waals surface area contributed by atoms with E-state index < -0.39 is 0 Å². The molecule has 0 amide bonds. The number of hydrogen-bond donors (Lipinski definition) is 1. The Hall–Kier alpha value is -1.26. The van der Waals surface area contributed by atoms with Crippen LogP contribution in [0.1, 0.15) is 13.3 Å². The molecule has 1 aromatic carbocycles. The van der Waals surface area contributed by atoms with Crippen LogP contribution in [0.15, 0.2) is 23.2 Å². The van der Waals surface area contributed by atoms with E-state index in [0.29, 0.717) is 5.02 Å². The van der Waals surface area contributed by atoms with Crippen molar-refractivity contribution in [1.29, 1.82) is 0 Å². The number of piperazine rings is 1. The molecular weight excluding hydrogens is 262 g/mol. The molecule has 0 spiro atoms. The van der Waals surface area contributed by atoms with Gasteiger partial charge >= 0.3 is 0 Å². The summed E-state index contributed by atoms with van der Waals surface area (Å²) in [6.07, 6.45) is 0.969. The number of fused-ring (bicyclic) bond motifs is 1. The Labute approximate surface area is 118 Å². The van der Waals surface area contributed by atoms with Gasteiger partial charge in [0.1, 0.15) is 17.3 Å². The third kappa shape index (κ3) is 2.55. The normalized spacial score (nSPS) is 22.5. The molecule has 1 N–H and O–H groups in total. The second-order valence-electron chi connectivity index (χ2n) is 4.83. The van der Waals surface area contributed by atoms with Crippen molar-refractivity contribution in [3.63, 3.8) is 0 Å². The Bertz CT molecular complexity index is 497. The largest absolute Gasteiger partial charge is 0.480 e. The van der Waals surface area contributed by atoms with Gasteiger partial charge in [0.25, 0.3) is 0 Å². The monoisotopic (exact) mass is 279 g/mol. The number of benzene rings is 1. The zero-order valence-electron chi connectivity index (χ0n) is 11.0. The van der Waals surface area contributed by atoms with Crippen LogP contribution < -0.4 is 10.1 Å². The zero-order valence-corrected chi connectivity index (χ0v) is 11.8.